The first-order chi connectivity index (χ1) is 11.2. The summed E-state index contributed by atoms with van der Waals surface area (Å²) < 4.78 is 6.82. The number of anilines is 1. The van der Waals surface area contributed by atoms with Crippen LogP contribution in [0, 0.1) is 0 Å². The Balaban J connectivity index is 0.00000208. The largest absolute Gasteiger partial charge is 0.465 e. The fourth-order valence-electron chi connectivity index (χ4n) is 2.90. The van der Waals surface area contributed by atoms with Gasteiger partial charge in [-0.25, -0.2) is 0 Å². The van der Waals surface area contributed by atoms with Crippen LogP contribution >= 0.6 is 12.4 Å². The molecule has 1 atom stereocenters. The number of esters is 1. The van der Waals surface area contributed by atoms with Crippen molar-refractivity contribution in [2.75, 3.05) is 18.5 Å². The SMILES string of the molecule is CCOC(=O)Cn1ccc2cc(NC(=O)C3CCCN3)ccc21.Cl. The molecule has 1 saturated heterocycles. The van der Waals surface area contributed by atoms with Crippen molar-refractivity contribution in [2.45, 2.75) is 32.4 Å². The van der Waals surface area contributed by atoms with Crippen molar-refractivity contribution in [2.24, 2.45) is 0 Å². The number of nitrogens with zero attached hydrogens (tertiary/aromatic N) is 1. The molecular formula is C17H22ClN3O3. The van der Waals surface area contributed by atoms with Gasteiger partial charge in [0.2, 0.25) is 5.91 Å². The monoisotopic (exact) mass is 351 g/mol. The average Bonchev–Trinajstić information content (AvgIpc) is 3.17. The lowest BCUT2D eigenvalue weighted by Crippen LogP contribution is -2.35. The van der Waals surface area contributed by atoms with Gasteiger partial charge >= 0.3 is 5.97 Å². The predicted octanol–water partition coefficient (Wildman–Crippen LogP) is 2.32. The number of hydrogen-bond donors (Lipinski definition) is 2. The maximum Gasteiger partial charge on any atom is 0.325 e. The Morgan fingerprint density at radius 2 is 2.21 bits per heavy atom. The molecule has 24 heavy (non-hydrogen) atoms. The molecule has 1 aromatic heterocycles. The summed E-state index contributed by atoms with van der Waals surface area (Å²) >= 11 is 0. The number of carbonyl (C=O) groups excluding carboxylic acids is 2. The smallest absolute Gasteiger partial charge is 0.325 e. The van der Waals surface area contributed by atoms with Gasteiger partial charge in [-0.05, 0) is 50.6 Å². The molecule has 1 aliphatic rings. The molecule has 2 aromatic rings. The average molecular weight is 352 g/mol. The Kier molecular flexibility index (Phi) is 6.23. The van der Waals surface area contributed by atoms with E-state index >= 15 is 0 Å². The molecule has 3 rings (SSSR count). The number of aromatic nitrogens is 1. The lowest BCUT2D eigenvalue weighted by Gasteiger charge is -2.11. The van der Waals surface area contributed by atoms with Crippen molar-refractivity contribution >= 4 is 40.9 Å². The Labute approximate surface area is 147 Å². The highest BCUT2D eigenvalue weighted by molar-refractivity contribution is 5.97. The van der Waals surface area contributed by atoms with Crippen molar-refractivity contribution in [1.29, 1.82) is 0 Å². The summed E-state index contributed by atoms with van der Waals surface area (Å²) in [4.78, 5) is 23.7. The molecule has 1 unspecified atom stereocenters. The standard InChI is InChI=1S/C17H21N3O3.ClH/c1-2-23-16(21)11-20-9-7-12-10-13(5-6-15(12)20)19-17(22)14-4-3-8-18-14;/h5-7,9-10,14,18H,2-4,8,11H2,1H3,(H,19,22);1H. The van der Waals surface area contributed by atoms with E-state index < -0.39 is 0 Å². The molecule has 0 bridgehead atoms. The number of rotatable bonds is 5. The molecule has 130 valence electrons. The van der Waals surface area contributed by atoms with Crippen molar-refractivity contribution in [3.8, 4) is 0 Å². The molecule has 1 aromatic carbocycles. The van der Waals surface area contributed by atoms with E-state index in [-0.39, 0.29) is 36.9 Å². The van der Waals surface area contributed by atoms with Gasteiger partial charge in [0.25, 0.3) is 0 Å². The minimum absolute atomic E-state index is 0. The molecule has 2 heterocycles. The van der Waals surface area contributed by atoms with Gasteiger partial charge in [0.15, 0.2) is 0 Å². The number of halogens is 1. The molecule has 0 saturated carbocycles. The first-order valence-corrected chi connectivity index (χ1v) is 7.96. The number of hydrogen-bond acceptors (Lipinski definition) is 4. The fraction of sp³-hybridized carbons (Fsp3) is 0.412. The van der Waals surface area contributed by atoms with Crippen molar-refractivity contribution in [1.82, 2.24) is 9.88 Å². The van der Waals surface area contributed by atoms with Gasteiger partial charge in [0, 0.05) is 22.8 Å². The summed E-state index contributed by atoms with van der Waals surface area (Å²) in [5.41, 5.74) is 1.71. The highest BCUT2D eigenvalue weighted by Crippen LogP contribution is 2.21. The molecule has 2 N–H and O–H groups in total. The maximum absolute atomic E-state index is 12.1. The second-order valence-electron chi connectivity index (χ2n) is 5.66. The van der Waals surface area contributed by atoms with E-state index in [1.807, 2.05) is 35.0 Å². The zero-order chi connectivity index (χ0) is 16.2. The van der Waals surface area contributed by atoms with Gasteiger partial charge in [0.05, 0.1) is 12.6 Å². The lowest BCUT2D eigenvalue weighted by atomic mass is 10.2. The van der Waals surface area contributed by atoms with E-state index in [2.05, 4.69) is 10.6 Å². The minimum atomic E-state index is -0.255. The molecule has 1 aliphatic heterocycles. The van der Waals surface area contributed by atoms with E-state index in [1.165, 1.54) is 0 Å². The molecule has 0 radical (unpaired) electrons. The second kappa shape index (κ2) is 8.17. The van der Waals surface area contributed by atoms with E-state index in [0.717, 1.165) is 36.0 Å². The van der Waals surface area contributed by atoms with Crippen LogP contribution in [-0.4, -0.2) is 35.6 Å². The minimum Gasteiger partial charge on any atom is -0.465 e. The van der Waals surface area contributed by atoms with Crippen LogP contribution in [-0.2, 0) is 20.9 Å². The Morgan fingerprint density at radius 3 is 2.92 bits per heavy atom. The van der Waals surface area contributed by atoms with Crippen LogP contribution in [0.2, 0.25) is 0 Å². The van der Waals surface area contributed by atoms with Gasteiger partial charge in [-0.1, -0.05) is 0 Å². The Bertz CT molecular complexity index is 723. The molecule has 1 amide bonds. The quantitative estimate of drug-likeness (QED) is 0.811. The summed E-state index contributed by atoms with van der Waals surface area (Å²) in [6, 6.07) is 7.52. The predicted molar refractivity (Wildman–Crippen MR) is 95.5 cm³/mol. The third kappa shape index (κ3) is 4.07. The zero-order valence-electron chi connectivity index (χ0n) is 13.6. The first-order valence-electron chi connectivity index (χ1n) is 7.96. The van der Waals surface area contributed by atoms with Crippen LogP contribution < -0.4 is 10.6 Å². The van der Waals surface area contributed by atoms with Crippen LogP contribution in [0.25, 0.3) is 10.9 Å². The number of ether oxygens (including phenoxy) is 1. The first kappa shape index (κ1) is 18.3. The topological polar surface area (TPSA) is 72.4 Å². The second-order valence-corrected chi connectivity index (χ2v) is 5.66. The molecule has 7 heteroatoms. The molecule has 0 aliphatic carbocycles. The Morgan fingerprint density at radius 1 is 1.38 bits per heavy atom. The van der Waals surface area contributed by atoms with Crippen LogP contribution in [0.5, 0.6) is 0 Å². The van der Waals surface area contributed by atoms with Gasteiger partial charge in [-0.3, -0.25) is 9.59 Å². The van der Waals surface area contributed by atoms with E-state index in [1.54, 1.807) is 6.92 Å². The van der Waals surface area contributed by atoms with E-state index in [9.17, 15) is 9.59 Å². The highest BCUT2D eigenvalue weighted by atomic mass is 35.5. The number of fused-ring (bicyclic) bond motifs is 1. The molecule has 1 fully saturated rings. The zero-order valence-corrected chi connectivity index (χ0v) is 14.4. The van der Waals surface area contributed by atoms with Gasteiger partial charge < -0.3 is 19.9 Å². The number of nitrogens with one attached hydrogen (secondary N) is 2. The van der Waals surface area contributed by atoms with Gasteiger partial charge in [-0.2, -0.15) is 0 Å². The van der Waals surface area contributed by atoms with Gasteiger partial charge in [-0.15, -0.1) is 12.4 Å². The third-order valence-corrected chi connectivity index (χ3v) is 4.02. The summed E-state index contributed by atoms with van der Waals surface area (Å²) in [6.07, 6.45) is 3.77. The number of benzene rings is 1. The number of carbonyl (C=O) groups is 2. The summed E-state index contributed by atoms with van der Waals surface area (Å²) in [6.45, 7) is 3.26. The molecular weight excluding hydrogens is 330 g/mol. The van der Waals surface area contributed by atoms with Crippen LogP contribution in [0.4, 0.5) is 5.69 Å². The van der Waals surface area contributed by atoms with Crippen molar-refractivity contribution < 1.29 is 14.3 Å². The van der Waals surface area contributed by atoms with Gasteiger partial charge in [0.1, 0.15) is 6.54 Å². The normalized spacial score (nSPS) is 16.6. The molecule has 0 spiro atoms. The lowest BCUT2D eigenvalue weighted by molar-refractivity contribution is -0.143. The summed E-state index contributed by atoms with van der Waals surface area (Å²) in [5, 5.41) is 7.11. The van der Waals surface area contributed by atoms with Crippen LogP contribution in [0.3, 0.4) is 0 Å². The highest BCUT2D eigenvalue weighted by Gasteiger charge is 2.21. The summed E-state index contributed by atoms with van der Waals surface area (Å²) in [7, 11) is 0. The Hall–Kier alpha value is -2.05. The fourth-order valence-corrected chi connectivity index (χ4v) is 2.90. The van der Waals surface area contributed by atoms with Crippen molar-refractivity contribution in [3.63, 3.8) is 0 Å². The maximum atomic E-state index is 12.1. The third-order valence-electron chi connectivity index (χ3n) is 4.02. The van der Waals surface area contributed by atoms with Crippen LogP contribution in [0.15, 0.2) is 30.5 Å². The number of amides is 1. The van der Waals surface area contributed by atoms with Crippen LogP contribution in [0.1, 0.15) is 19.8 Å². The van der Waals surface area contributed by atoms with E-state index in [0.29, 0.717) is 6.61 Å². The molecule has 6 nitrogen and oxygen atoms in total. The summed E-state index contributed by atoms with van der Waals surface area (Å²) in [5.74, 6) is -0.248. The van der Waals surface area contributed by atoms with Crippen molar-refractivity contribution in [3.05, 3.63) is 30.5 Å². The van der Waals surface area contributed by atoms with E-state index in [4.69, 9.17) is 4.74 Å².